The lowest BCUT2D eigenvalue weighted by atomic mass is 10.1. The lowest BCUT2D eigenvalue weighted by Gasteiger charge is -2.05. The third-order valence-electron chi connectivity index (χ3n) is 2.32. The van der Waals surface area contributed by atoms with Crippen molar-refractivity contribution in [3.8, 4) is 17.0 Å². The number of carbonyl (C=O) groups is 1. The number of aromatic hydroxyl groups is 1. The number of carboxylic acid groups (broad SMARTS) is 1. The monoisotopic (exact) mass is 251 g/mol. The number of aromatic nitrogens is 1. The Bertz CT molecular complexity index is 629. The molecular weight excluding hydrogens is 244 g/mol. The summed E-state index contributed by atoms with van der Waals surface area (Å²) in [5.41, 5.74) is -0.664. The second-order valence-electron chi connectivity index (χ2n) is 3.52. The first kappa shape index (κ1) is 12.0. The molecular formula is C12H7F2NO3. The van der Waals surface area contributed by atoms with Gasteiger partial charge in [0.05, 0.1) is 11.9 Å². The van der Waals surface area contributed by atoms with Gasteiger partial charge < -0.3 is 10.2 Å². The summed E-state index contributed by atoms with van der Waals surface area (Å²) < 4.78 is 26.5. The van der Waals surface area contributed by atoms with Gasteiger partial charge in [0.2, 0.25) is 0 Å². The van der Waals surface area contributed by atoms with Crippen molar-refractivity contribution in [1.29, 1.82) is 0 Å². The van der Waals surface area contributed by atoms with Gasteiger partial charge in [-0.05, 0) is 24.3 Å². The second kappa shape index (κ2) is 4.40. The molecule has 2 aromatic rings. The first-order chi connectivity index (χ1) is 8.49. The van der Waals surface area contributed by atoms with Crippen LogP contribution in [0.3, 0.4) is 0 Å². The smallest absolute Gasteiger partial charge is 0.339 e. The molecule has 0 radical (unpaired) electrons. The predicted octanol–water partition coefficient (Wildman–Crippen LogP) is 2.43. The molecule has 0 spiro atoms. The van der Waals surface area contributed by atoms with Crippen LogP contribution in [0.1, 0.15) is 10.4 Å². The summed E-state index contributed by atoms with van der Waals surface area (Å²) in [6, 6.07) is 3.74. The fourth-order valence-corrected chi connectivity index (χ4v) is 1.46. The molecule has 0 bridgehead atoms. The number of hydrogen-bond donors (Lipinski definition) is 2. The van der Waals surface area contributed by atoms with E-state index in [1.165, 1.54) is 0 Å². The average Bonchev–Trinajstić information content (AvgIpc) is 2.33. The minimum absolute atomic E-state index is 0.0674. The van der Waals surface area contributed by atoms with Crippen LogP contribution in [-0.4, -0.2) is 21.2 Å². The number of halogens is 2. The van der Waals surface area contributed by atoms with Gasteiger partial charge in [0, 0.05) is 5.56 Å². The normalized spacial score (nSPS) is 10.3. The molecule has 0 aliphatic rings. The Morgan fingerprint density at radius 1 is 1.22 bits per heavy atom. The van der Waals surface area contributed by atoms with Gasteiger partial charge in [-0.25, -0.2) is 13.6 Å². The lowest BCUT2D eigenvalue weighted by molar-refractivity contribution is 0.0693. The van der Waals surface area contributed by atoms with Gasteiger partial charge >= 0.3 is 5.97 Å². The van der Waals surface area contributed by atoms with E-state index in [2.05, 4.69) is 4.98 Å². The van der Waals surface area contributed by atoms with Gasteiger partial charge in [0.25, 0.3) is 0 Å². The number of nitrogens with zero attached hydrogens (tertiary/aromatic N) is 1. The van der Waals surface area contributed by atoms with Crippen LogP contribution < -0.4 is 0 Å². The SMILES string of the molecule is O=C(O)c1cc(-c2cc(F)ccc2F)ncc1O. The number of rotatable bonds is 2. The molecule has 0 saturated carbocycles. The standard InChI is InChI=1S/C12H7F2NO3/c13-6-1-2-9(14)7(3-6)10-4-8(12(17)18)11(16)5-15-10/h1-5,16H,(H,17,18). The maximum absolute atomic E-state index is 13.5. The zero-order chi connectivity index (χ0) is 13.3. The van der Waals surface area contributed by atoms with Crippen molar-refractivity contribution in [1.82, 2.24) is 4.98 Å². The highest BCUT2D eigenvalue weighted by Gasteiger charge is 2.14. The Morgan fingerprint density at radius 2 is 1.94 bits per heavy atom. The molecule has 6 heteroatoms. The minimum Gasteiger partial charge on any atom is -0.505 e. The van der Waals surface area contributed by atoms with Crippen LogP contribution in [0.5, 0.6) is 5.75 Å². The Labute approximate surface area is 100 Å². The summed E-state index contributed by atoms with van der Waals surface area (Å²) in [6.07, 6.45) is 0.878. The Balaban J connectivity index is 2.61. The molecule has 4 nitrogen and oxygen atoms in total. The van der Waals surface area contributed by atoms with Crippen molar-refractivity contribution in [2.45, 2.75) is 0 Å². The summed E-state index contributed by atoms with van der Waals surface area (Å²) >= 11 is 0. The molecule has 1 heterocycles. The van der Waals surface area contributed by atoms with Crippen molar-refractivity contribution < 1.29 is 23.8 Å². The van der Waals surface area contributed by atoms with Crippen molar-refractivity contribution >= 4 is 5.97 Å². The number of carboxylic acids is 1. The highest BCUT2D eigenvalue weighted by Crippen LogP contribution is 2.26. The van der Waals surface area contributed by atoms with E-state index < -0.39 is 28.9 Å². The summed E-state index contributed by atoms with van der Waals surface area (Å²) in [6.45, 7) is 0. The molecule has 0 aliphatic carbocycles. The average molecular weight is 251 g/mol. The topological polar surface area (TPSA) is 70.4 Å². The summed E-state index contributed by atoms with van der Waals surface area (Å²) in [7, 11) is 0. The van der Waals surface area contributed by atoms with Crippen LogP contribution in [0.4, 0.5) is 8.78 Å². The number of benzene rings is 1. The molecule has 92 valence electrons. The first-order valence-corrected chi connectivity index (χ1v) is 4.87. The number of pyridine rings is 1. The Morgan fingerprint density at radius 3 is 2.61 bits per heavy atom. The van der Waals surface area contributed by atoms with Gasteiger partial charge in [-0.2, -0.15) is 0 Å². The maximum atomic E-state index is 13.5. The van der Waals surface area contributed by atoms with E-state index >= 15 is 0 Å². The van der Waals surface area contributed by atoms with E-state index in [1.54, 1.807) is 0 Å². The lowest BCUT2D eigenvalue weighted by Crippen LogP contribution is -1.99. The Hall–Kier alpha value is -2.50. The third kappa shape index (κ3) is 2.13. The molecule has 1 aromatic heterocycles. The van der Waals surface area contributed by atoms with Gasteiger partial charge in [0.15, 0.2) is 0 Å². The van der Waals surface area contributed by atoms with E-state index in [0.717, 1.165) is 30.5 Å². The second-order valence-corrected chi connectivity index (χ2v) is 3.52. The van der Waals surface area contributed by atoms with E-state index in [-0.39, 0.29) is 11.3 Å². The molecule has 0 aliphatic heterocycles. The van der Waals surface area contributed by atoms with Crippen molar-refractivity contribution in [2.24, 2.45) is 0 Å². The molecule has 0 fully saturated rings. The zero-order valence-electron chi connectivity index (χ0n) is 8.89. The summed E-state index contributed by atoms with van der Waals surface area (Å²) in [5, 5.41) is 18.1. The summed E-state index contributed by atoms with van der Waals surface area (Å²) in [4.78, 5) is 14.5. The van der Waals surface area contributed by atoms with Gasteiger partial charge in [-0.3, -0.25) is 4.98 Å². The van der Waals surface area contributed by atoms with Crippen LogP contribution in [0.25, 0.3) is 11.3 Å². The van der Waals surface area contributed by atoms with E-state index in [1.807, 2.05) is 0 Å². The molecule has 0 saturated heterocycles. The van der Waals surface area contributed by atoms with E-state index in [4.69, 9.17) is 5.11 Å². The molecule has 2 rings (SSSR count). The molecule has 0 unspecified atom stereocenters. The van der Waals surface area contributed by atoms with Crippen molar-refractivity contribution in [3.05, 3.63) is 47.7 Å². The fraction of sp³-hybridized carbons (Fsp3) is 0. The largest absolute Gasteiger partial charge is 0.505 e. The number of aromatic carboxylic acids is 1. The maximum Gasteiger partial charge on any atom is 0.339 e. The molecule has 2 N–H and O–H groups in total. The van der Waals surface area contributed by atoms with Crippen LogP contribution in [0.15, 0.2) is 30.5 Å². The van der Waals surface area contributed by atoms with Crippen LogP contribution in [0.2, 0.25) is 0 Å². The molecule has 0 amide bonds. The highest BCUT2D eigenvalue weighted by atomic mass is 19.1. The van der Waals surface area contributed by atoms with Crippen LogP contribution in [-0.2, 0) is 0 Å². The van der Waals surface area contributed by atoms with Crippen molar-refractivity contribution in [3.63, 3.8) is 0 Å². The fourth-order valence-electron chi connectivity index (χ4n) is 1.46. The summed E-state index contributed by atoms with van der Waals surface area (Å²) in [5.74, 6) is -3.32. The third-order valence-corrected chi connectivity index (χ3v) is 2.32. The van der Waals surface area contributed by atoms with Gasteiger partial charge in [-0.1, -0.05) is 0 Å². The van der Waals surface area contributed by atoms with E-state index in [9.17, 15) is 18.7 Å². The predicted molar refractivity (Wildman–Crippen MR) is 58.2 cm³/mol. The quantitative estimate of drug-likeness (QED) is 0.859. The van der Waals surface area contributed by atoms with Crippen molar-refractivity contribution in [2.75, 3.05) is 0 Å². The highest BCUT2D eigenvalue weighted by molar-refractivity contribution is 5.91. The van der Waals surface area contributed by atoms with E-state index in [0.29, 0.717) is 0 Å². The molecule has 18 heavy (non-hydrogen) atoms. The van der Waals surface area contributed by atoms with Gasteiger partial charge in [0.1, 0.15) is 22.9 Å². The van der Waals surface area contributed by atoms with Gasteiger partial charge in [-0.15, -0.1) is 0 Å². The van der Waals surface area contributed by atoms with Crippen LogP contribution in [0, 0.1) is 11.6 Å². The zero-order valence-corrected chi connectivity index (χ0v) is 8.89. The van der Waals surface area contributed by atoms with Crippen LogP contribution >= 0.6 is 0 Å². The number of hydrogen-bond acceptors (Lipinski definition) is 3. The Kier molecular flexibility index (Phi) is 2.93. The first-order valence-electron chi connectivity index (χ1n) is 4.87. The molecule has 0 atom stereocenters. The minimum atomic E-state index is -1.38. The molecule has 1 aromatic carbocycles.